The van der Waals surface area contributed by atoms with Gasteiger partial charge >= 0.3 is 0 Å². The van der Waals surface area contributed by atoms with E-state index in [1.165, 1.54) is 55.6 Å². The lowest BCUT2D eigenvalue weighted by Gasteiger charge is -2.39. The molecule has 4 aliphatic carbocycles. The minimum atomic E-state index is -0.272. The van der Waals surface area contributed by atoms with Crippen molar-refractivity contribution < 1.29 is 4.74 Å². The first-order chi connectivity index (χ1) is 20.8. The molecule has 0 aromatic heterocycles. The highest BCUT2D eigenvalue weighted by atomic mass is 16.5. The maximum absolute atomic E-state index is 7.25. The van der Waals surface area contributed by atoms with Crippen LogP contribution in [0.4, 0.5) is 0 Å². The van der Waals surface area contributed by atoms with Crippen LogP contribution in [0.3, 0.4) is 0 Å². The molecule has 5 aliphatic rings. The molecule has 0 amide bonds. The van der Waals surface area contributed by atoms with Crippen molar-refractivity contribution in [2.45, 2.75) is 71.6 Å². The highest BCUT2D eigenvalue weighted by molar-refractivity contribution is 5.88. The second-order valence-electron chi connectivity index (χ2n) is 15.2. The summed E-state index contributed by atoms with van der Waals surface area (Å²) in [5.74, 6) is 1.95. The second-order valence-corrected chi connectivity index (χ2v) is 15.2. The Hall–Kier alpha value is -4.36. The maximum atomic E-state index is 7.25. The Bertz CT molecular complexity index is 1770. The summed E-state index contributed by atoms with van der Waals surface area (Å²) in [4.78, 5) is 0. The van der Waals surface area contributed by atoms with Gasteiger partial charge in [0.1, 0.15) is 11.5 Å². The van der Waals surface area contributed by atoms with E-state index in [2.05, 4.69) is 165 Å². The van der Waals surface area contributed by atoms with Gasteiger partial charge in [-0.1, -0.05) is 128 Å². The third-order valence-corrected chi connectivity index (χ3v) is 9.54. The Labute approximate surface area is 263 Å². The summed E-state index contributed by atoms with van der Waals surface area (Å²) in [6.07, 6.45) is 0. The Morgan fingerprint density at radius 2 is 0.773 bits per heavy atom. The highest BCUT2D eigenvalue weighted by Crippen LogP contribution is 2.56. The lowest BCUT2D eigenvalue weighted by atomic mass is 9.70. The van der Waals surface area contributed by atoms with Gasteiger partial charge in [0, 0.05) is 27.7 Å². The fourth-order valence-corrected chi connectivity index (χ4v) is 6.69. The molecule has 0 saturated carbocycles. The van der Waals surface area contributed by atoms with Crippen LogP contribution in [-0.2, 0) is 16.2 Å². The van der Waals surface area contributed by atoms with Crippen molar-refractivity contribution in [1.29, 1.82) is 0 Å². The predicted molar refractivity (Wildman–Crippen MR) is 187 cm³/mol. The van der Waals surface area contributed by atoms with Gasteiger partial charge in [-0.2, -0.15) is 0 Å². The van der Waals surface area contributed by atoms with Gasteiger partial charge in [0.25, 0.3) is 0 Å². The van der Waals surface area contributed by atoms with Crippen molar-refractivity contribution in [1.82, 2.24) is 0 Å². The molecule has 0 unspecified atom stereocenters. The van der Waals surface area contributed by atoms with Gasteiger partial charge in [-0.05, 0) is 91.7 Å². The summed E-state index contributed by atoms with van der Waals surface area (Å²) in [5, 5.41) is 0. The molecule has 7 rings (SSSR count). The van der Waals surface area contributed by atoms with Crippen LogP contribution in [0.1, 0.15) is 77.6 Å². The fourth-order valence-electron chi connectivity index (χ4n) is 6.69. The Balaban J connectivity index is 1.52. The molecule has 0 radical (unpaired) electrons. The largest absolute Gasteiger partial charge is 0.455 e. The summed E-state index contributed by atoms with van der Waals surface area (Å²) in [7, 11) is 0. The SMILES string of the molecule is CC(C)(C)c1cc(-c2cc3cccccc-3c2)c2c(c1)C(C)(C)c1cc(C(C)(C)C)cc(-c3cc4cccccc-4c3)c1O2. The summed E-state index contributed by atoms with van der Waals surface area (Å²) >= 11 is 0. The summed E-state index contributed by atoms with van der Waals surface area (Å²) in [6.45, 7) is 18.6. The predicted octanol–water partition coefficient (Wildman–Crippen LogP) is 12.3. The van der Waals surface area contributed by atoms with Crippen molar-refractivity contribution in [3.05, 3.63) is 131 Å². The van der Waals surface area contributed by atoms with Crippen LogP contribution >= 0.6 is 0 Å². The zero-order valence-corrected chi connectivity index (χ0v) is 27.3. The summed E-state index contributed by atoms with van der Waals surface area (Å²) in [5.41, 5.74) is 14.5. The molecule has 2 aromatic rings. The van der Waals surface area contributed by atoms with E-state index >= 15 is 0 Å². The van der Waals surface area contributed by atoms with Crippen LogP contribution in [0.15, 0.2) is 109 Å². The van der Waals surface area contributed by atoms with E-state index in [1.807, 2.05) is 0 Å². The molecule has 0 spiro atoms. The number of hydrogen-bond donors (Lipinski definition) is 0. The van der Waals surface area contributed by atoms with Crippen LogP contribution in [0.25, 0.3) is 44.5 Å². The molecular weight excluding hydrogens is 532 g/mol. The number of ether oxygens (including phenoxy) is 1. The van der Waals surface area contributed by atoms with E-state index in [9.17, 15) is 0 Å². The lowest BCUT2D eigenvalue weighted by molar-refractivity contribution is 0.418. The second kappa shape index (κ2) is 9.83. The van der Waals surface area contributed by atoms with E-state index in [1.54, 1.807) is 0 Å². The van der Waals surface area contributed by atoms with Crippen molar-refractivity contribution in [2.75, 3.05) is 0 Å². The average Bonchev–Trinajstić information content (AvgIpc) is 3.39. The molecule has 44 heavy (non-hydrogen) atoms. The monoisotopic (exact) mass is 574 g/mol. The molecule has 1 nitrogen and oxygen atoms in total. The maximum Gasteiger partial charge on any atom is 0.139 e. The van der Waals surface area contributed by atoms with Gasteiger partial charge in [0.15, 0.2) is 0 Å². The molecule has 0 bridgehead atoms. The third kappa shape index (κ3) is 4.70. The van der Waals surface area contributed by atoms with Crippen LogP contribution in [0.5, 0.6) is 11.5 Å². The first-order valence-corrected chi connectivity index (χ1v) is 15.8. The molecule has 1 heteroatoms. The van der Waals surface area contributed by atoms with Gasteiger partial charge in [-0.25, -0.2) is 0 Å². The molecule has 0 saturated heterocycles. The number of hydrogen-bond acceptors (Lipinski definition) is 1. The zero-order valence-electron chi connectivity index (χ0n) is 27.3. The Morgan fingerprint density at radius 1 is 0.432 bits per heavy atom. The minimum absolute atomic E-state index is 0.0114. The van der Waals surface area contributed by atoms with Gasteiger partial charge in [-0.15, -0.1) is 0 Å². The minimum Gasteiger partial charge on any atom is -0.455 e. The van der Waals surface area contributed by atoms with Crippen molar-refractivity contribution in [3.8, 4) is 56.0 Å². The van der Waals surface area contributed by atoms with Crippen molar-refractivity contribution >= 4 is 0 Å². The topological polar surface area (TPSA) is 9.23 Å². The quantitative estimate of drug-likeness (QED) is 0.200. The van der Waals surface area contributed by atoms with E-state index in [4.69, 9.17) is 4.74 Å². The molecule has 0 N–H and O–H groups in total. The van der Waals surface area contributed by atoms with Gasteiger partial charge in [-0.3, -0.25) is 0 Å². The molecule has 0 atom stereocenters. The van der Waals surface area contributed by atoms with E-state index in [0.29, 0.717) is 0 Å². The standard InChI is InChI=1S/C43H42O/c1-41(2,3)33-23-35(31-19-27-15-11-9-12-16-28(27)20-31)39-37(25-33)43(7,8)38-26-34(42(4,5)6)24-36(40(38)44-39)32-21-29-17-13-10-14-18-30(29)22-32/h9-26H,1-8H3. The number of fused-ring (bicyclic) bond motifs is 4. The fraction of sp³-hybridized carbons (Fsp3) is 0.256. The van der Waals surface area contributed by atoms with Crippen LogP contribution in [0.2, 0.25) is 0 Å². The highest BCUT2D eigenvalue weighted by Gasteiger charge is 2.39. The number of benzene rings is 2. The van der Waals surface area contributed by atoms with Gasteiger partial charge < -0.3 is 4.74 Å². The molecule has 0 fully saturated rings. The number of rotatable bonds is 2. The summed E-state index contributed by atoms with van der Waals surface area (Å²) < 4.78 is 7.25. The molecule has 1 heterocycles. The van der Waals surface area contributed by atoms with E-state index in [-0.39, 0.29) is 16.2 Å². The van der Waals surface area contributed by atoms with Crippen molar-refractivity contribution in [2.24, 2.45) is 0 Å². The molecular formula is C43H42O. The van der Waals surface area contributed by atoms with E-state index < -0.39 is 0 Å². The van der Waals surface area contributed by atoms with Crippen LogP contribution in [0, 0.1) is 0 Å². The van der Waals surface area contributed by atoms with E-state index in [0.717, 1.165) is 22.6 Å². The lowest BCUT2D eigenvalue weighted by Crippen LogP contribution is -2.27. The van der Waals surface area contributed by atoms with Crippen LogP contribution in [-0.4, -0.2) is 0 Å². The smallest absolute Gasteiger partial charge is 0.139 e. The summed E-state index contributed by atoms with van der Waals surface area (Å²) in [6, 6.07) is 40.3. The average molecular weight is 575 g/mol. The molecule has 1 aliphatic heterocycles. The zero-order chi connectivity index (χ0) is 31.0. The Kier molecular flexibility index (Phi) is 6.35. The molecule has 2 aromatic carbocycles. The van der Waals surface area contributed by atoms with Crippen molar-refractivity contribution in [3.63, 3.8) is 0 Å². The molecule has 220 valence electrons. The third-order valence-electron chi connectivity index (χ3n) is 9.54. The van der Waals surface area contributed by atoms with Crippen LogP contribution < -0.4 is 4.74 Å². The van der Waals surface area contributed by atoms with Gasteiger partial charge in [0.2, 0.25) is 0 Å². The normalized spacial score (nSPS) is 14.3. The first-order valence-electron chi connectivity index (χ1n) is 15.8. The Morgan fingerprint density at radius 3 is 1.09 bits per heavy atom. The van der Waals surface area contributed by atoms with Gasteiger partial charge in [0.05, 0.1) is 0 Å². The first kappa shape index (κ1) is 28.4.